The zero-order chi connectivity index (χ0) is 15.6. The molecule has 0 unspecified atom stereocenters. The average Bonchev–Trinajstić information content (AvgIpc) is 2.45. The summed E-state index contributed by atoms with van der Waals surface area (Å²) in [7, 11) is 1.49. The zero-order valence-electron chi connectivity index (χ0n) is 10.9. The summed E-state index contributed by atoms with van der Waals surface area (Å²) in [6, 6.07) is 7.45. The van der Waals surface area contributed by atoms with Crippen molar-refractivity contribution >= 4 is 40.2 Å². The van der Waals surface area contributed by atoms with Crippen LogP contribution in [0, 0.1) is 11.6 Å². The van der Waals surface area contributed by atoms with Crippen molar-refractivity contribution in [3.8, 4) is 5.75 Å². The molecule has 21 heavy (non-hydrogen) atoms. The van der Waals surface area contributed by atoms with Crippen LogP contribution < -0.4 is 15.8 Å². The minimum absolute atomic E-state index is 0.0809. The summed E-state index contributed by atoms with van der Waals surface area (Å²) in [5.41, 5.74) is 5.47. The summed E-state index contributed by atoms with van der Waals surface area (Å²) < 4.78 is 32.9. The highest BCUT2D eigenvalue weighted by Crippen LogP contribution is 2.31. The van der Waals surface area contributed by atoms with Gasteiger partial charge in [0.05, 0.1) is 23.5 Å². The summed E-state index contributed by atoms with van der Waals surface area (Å²) in [5, 5.41) is 3.05. The van der Waals surface area contributed by atoms with E-state index in [2.05, 4.69) is 17.5 Å². The lowest BCUT2D eigenvalue weighted by molar-refractivity contribution is 0.415. The van der Waals surface area contributed by atoms with E-state index in [1.165, 1.54) is 19.2 Å². The Hall–Kier alpha value is -1.92. The van der Waals surface area contributed by atoms with Crippen molar-refractivity contribution in [1.82, 2.24) is 0 Å². The van der Waals surface area contributed by atoms with Crippen LogP contribution in [0.2, 0.25) is 5.02 Å². The predicted octanol–water partition coefficient (Wildman–Crippen LogP) is 4.00. The lowest BCUT2D eigenvalue weighted by Crippen LogP contribution is -2.13. The van der Waals surface area contributed by atoms with Crippen molar-refractivity contribution in [2.75, 3.05) is 12.4 Å². The molecular weight excluding hydrogens is 318 g/mol. The van der Waals surface area contributed by atoms with Crippen LogP contribution in [0.1, 0.15) is 5.56 Å². The molecule has 0 radical (unpaired) electrons. The SMILES string of the molecule is COc1ccc(Cl)c(Nc2ccc(C(N)=S)c(F)c2F)c1. The van der Waals surface area contributed by atoms with Gasteiger partial charge in [-0.2, -0.15) is 0 Å². The topological polar surface area (TPSA) is 47.3 Å². The van der Waals surface area contributed by atoms with E-state index in [-0.39, 0.29) is 16.2 Å². The number of methoxy groups -OCH3 is 1. The first-order chi connectivity index (χ1) is 9.93. The van der Waals surface area contributed by atoms with Crippen molar-refractivity contribution in [3.05, 3.63) is 52.6 Å². The van der Waals surface area contributed by atoms with Gasteiger partial charge in [-0.15, -0.1) is 0 Å². The van der Waals surface area contributed by atoms with Gasteiger partial charge in [0.15, 0.2) is 11.6 Å². The molecule has 0 bridgehead atoms. The monoisotopic (exact) mass is 328 g/mol. The summed E-state index contributed by atoms with van der Waals surface area (Å²) in [6.45, 7) is 0. The third kappa shape index (κ3) is 3.22. The zero-order valence-corrected chi connectivity index (χ0v) is 12.5. The third-order valence-corrected chi connectivity index (χ3v) is 3.34. The number of rotatable bonds is 4. The van der Waals surface area contributed by atoms with Crippen LogP contribution in [0.3, 0.4) is 0 Å². The van der Waals surface area contributed by atoms with Gasteiger partial charge in [0.2, 0.25) is 0 Å². The number of nitrogens with one attached hydrogen (secondary N) is 1. The molecule has 0 atom stereocenters. The molecular formula is C14H11ClF2N2OS. The Morgan fingerprint density at radius 3 is 2.52 bits per heavy atom. The molecule has 3 nitrogen and oxygen atoms in total. The van der Waals surface area contributed by atoms with Gasteiger partial charge < -0.3 is 15.8 Å². The Morgan fingerprint density at radius 2 is 1.90 bits per heavy atom. The van der Waals surface area contributed by atoms with Crippen molar-refractivity contribution < 1.29 is 13.5 Å². The van der Waals surface area contributed by atoms with E-state index in [9.17, 15) is 8.78 Å². The minimum atomic E-state index is -1.11. The Labute approximate surface area is 130 Å². The Kier molecular flexibility index (Phi) is 4.59. The van der Waals surface area contributed by atoms with E-state index in [4.69, 9.17) is 22.1 Å². The quantitative estimate of drug-likeness (QED) is 0.833. The molecule has 3 N–H and O–H groups in total. The van der Waals surface area contributed by atoms with E-state index < -0.39 is 11.6 Å². The fourth-order valence-corrected chi connectivity index (χ4v) is 2.03. The maximum absolute atomic E-state index is 14.0. The Morgan fingerprint density at radius 1 is 1.19 bits per heavy atom. The summed E-state index contributed by atoms with van der Waals surface area (Å²) in [6.07, 6.45) is 0. The van der Waals surface area contributed by atoms with Gasteiger partial charge in [-0.3, -0.25) is 0 Å². The summed E-state index contributed by atoms with van der Waals surface area (Å²) in [5.74, 6) is -1.66. The van der Waals surface area contributed by atoms with Gasteiger partial charge in [0.25, 0.3) is 0 Å². The lowest BCUT2D eigenvalue weighted by atomic mass is 10.1. The molecule has 110 valence electrons. The van der Waals surface area contributed by atoms with Gasteiger partial charge in [0.1, 0.15) is 10.7 Å². The standard InChI is InChI=1S/C14H11ClF2N2OS/c1-20-7-2-4-9(15)11(6-7)19-10-5-3-8(14(18)21)12(16)13(10)17/h2-6,19H,1H3,(H2,18,21). The average molecular weight is 329 g/mol. The molecule has 0 aromatic heterocycles. The van der Waals surface area contributed by atoms with Crippen LogP contribution in [-0.2, 0) is 0 Å². The molecule has 2 rings (SSSR count). The summed E-state index contributed by atoms with van der Waals surface area (Å²) in [4.78, 5) is -0.211. The maximum atomic E-state index is 14.0. The first-order valence-corrected chi connectivity index (χ1v) is 6.61. The van der Waals surface area contributed by atoms with Crippen LogP contribution in [-0.4, -0.2) is 12.1 Å². The molecule has 0 fully saturated rings. The Balaban J connectivity index is 2.41. The number of halogens is 3. The number of nitrogens with two attached hydrogens (primary N) is 1. The summed E-state index contributed by atoms with van der Waals surface area (Å²) >= 11 is 10.7. The molecule has 0 amide bonds. The smallest absolute Gasteiger partial charge is 0.182 e. The van der Waals surface area contributed by atoms with Gasteiger partial charge >= 0.3 is 0 Å². The number of anilines is 2. The second-order valence-corrected chi connectivity index (χ2v) is 4.97. The van der Waals surface area contributed by atoms with Crippen LogP contribution in [0.5, 0.6) is 5.75 Å². The first-order valence-electron chi connectivity index (χ1n) is 5.82. The van der Waals surface area contributed by atoms with Gasteiger partial charge in [-0.25, -0.2) is 8.78 Å². The molecule has 0 saturated carbocycles. The molecule has 0 saturated heterocycles. The van der Waals surface area contributed by atoms with E-state index in [0.717, 1.165) is 0 Å². The van der Waals surface area contributed by atoms with Crippen LogP contribution in [0.15, 0.2) is 30.3 Å². The highest BCUT2D eigenvalue weighted by molar-refractivity contribution is 7.80. The number of hydrogen-bond donors (Lipinski definition) is 2. The number of benzene rings is 2. The molecule has 0 aliphatic heterocycles. The highest BCUT2D eigenvalue weighted by atomic mass is 35.5. The van der Waals surface area contributed by atoms with E-state index in [1.54, 1.807) is 18.2 Å². The minimum Gasteiger partial charge on any atom is -0.497 e. The molecule has 2 aromatic rings. The van der Waals surface area contributed by atoms with Crippen molar-refractivity contribution in [1.29, 1.82) is 0 Å². The maximum Gasteiger partial charge on any atom is 0.182 e. The molecule has 2 aromatic carbocycles. The predicted molar refractivity (Wildman–Crippen MR) is 83.5 cm³/mol. The molecule has 0 aliphatic carbocycles. The van der Waals surface area contributed by atoms with Crippen LogP contribution >= 0.6 is 23.8 Å². The fourth-order valence-electron chi connectivity index (χ4n) is 1.71. The normalized spacial score (nSPS) is 10.3. The van der Waals surface area contributed by atoms with Gasteiger partial charge in [-0.05, 0) is 24.3 Å². The van der Waals surface area contributed by atoms with E-state index in [0.29, 0.717) is 16.5 Å². The Bertz CT molecular complexity index is 710. The van der Waals surface area contributed by atoms with Crippen LogP contribution in [0.4, 0.5) is 20.2 Å². The van der Waals surface area contributed by atoms with Crippen LogP contribution in [0.25, 0.3) is 0 Å². The second kappa shape index (κ2) is 6.24. The van der Waals surface area contributed by atoms with Crippen molar-refractivity contribution in [3.63, 3.8) is 0 Å². The first kappa shape index (κ1) is 15.5. The highest BCUT2D eigenvalue weighted by Gasteiger charge is 2.16. The van der Waals surface area contributed by atoms with Crippen molar-refractivity contribution in [2.45, 2.75) is 0 Å². The molecule has 7 heteroatoms. The third-order valence-electron chi connectivity index (χ3n) is 2.79. The fraction of sp³-hybridized carbons (Fsp3) is 0.0714. The van der Waals surface area contributed by atoms with Gasteiger partial charge in [-0.1, -0.05) is 23.8 Å². The van der Waals surface area contributed by atoms with E-state index >= 15 is 0 Å². The molecule has 0 heterocycles. The second-order valence-electron chi connectivity index (χ2n) is 4.12. The van der Waals surface area contributed by atoms with Crippen molar-refractivity contribution in [2.24, 2.45) is 5.73 Å². The number of ether oxygens (including phenoxy) is 1. The lowest BCUT2D eigenvalue weighted by Gasteiger charge is -2.12. The molecule has 0 aliphatic rings. The number of thiocarbonyl (C=S) groups is 1. The largest absolute Gasteiger partial charge is 0.497 e. The molecule has 0 spiro atoms. The number of hydrogen-bond acceptors (Lipinski definition) is 3. The van der Waals surface area contributed by atoms with E-state index in [1.807, 2.05) is 0 Å². The van der Waals surface area contributed by atoms with Gasteiger partial charge in [0, 0.05) is 11.6 Å².